The third-order valence-corrected chi connectivity index (χ3v) is 5.33. The molecule has 3 rings (SSSR count). The number of halogens is 2. The predicted molar refractivity (Wildman–Crippen MR) is 104 cm³/mol. The highest BCUT2D eigenvalue weighted by Gasteiger charge is 2.29. The molecule has 0 fully saturated rings. The number of hydrogen-bond donors (Lipinski definition) is 0. The lowest BCUT2D eigenvalue weighted by atomic mass is 9.95. The highest BCUT2D eigenvalue weighted by molar-refractivity contribution is 7.16. The molecule has 0 aliphatic heterocycles. The van der Waals surface area contributed by atoms with Crippen LogP contribution in [0.3, 0.4) is 0 Å². The quantitative estimate of drug-likeness (QED) is 0.557. The summed E-state index contributed by atoms with van der Waals surface area (Å²) in [5, 5.41) is 4.33. The molecular weight excluding hydrogens is 371 g/mol. The van der Waals surface area contributed by atoms with Crippen LogP contribution in [0.5, 0.6) is 0 Å². The lowest BCUT2D eigenvalue weighted by Gasteiger charge is -2.17. The van der Waals surface area contributed by atoms with Crippen molar-refractivity contribution in [2.45, 2.75) is 33.6 Å². The molecular formula is C20H20ClFN2OS. The summed E-state index contributed by atoms with van der Waals surface area (Å²) in [5.74, 6) is -0.658. The molecule has 6 heteroatoms. The van der Waals surface area contributed by atoms with Gasteiger partial charge in [0.15, 0.2) is 5.82 Å². The molecule has 26 heavy (non-hydrogen) atoms. The number of carbonyl (C=O) groups is 1. The van der Waals surface area contributed by atoms with Gasteiger partial charge in [-0.25, -0.2) is 9.07 Å². The molecule has 3 aromatic rings. The van der Waals surface area contributed by atoms with Gasteiger partial charge in [-0.05, 0) is 25.0 Å². The van der Waals surface area contributed by atoms with Crippen LogP contribution in [0.15, 0.2) is 42.5 Å². The van der Waals surface area contributed by atoms with E-state index < -0.39 is 11.2 Å². The SMILES string of the molecule is CC(C)(C)C(=O)n1nc(-c2ccccc2)c(F)c1CCc1ccc(Cl)s1. The average Bonchev–Trinajstić information content (AvgIpc) is 3.15. The van der Waals surface area contributed by atoms with Gasteiger partial charge in [0, 0.05) is 15.9 Å². The van der Waals surface area contributed by atoms with Gasteiger partial charge < -0.3 is 0 Å². The molecule has 136 valence electrons. The third kappa shape index (κ3) is 3.89. The summed E-state index contributed by atoms with van der Waals surface area (Å²) in [4.78, 5) is 13.9. The number of nitrogens with zero attached hydrogens (tertiary/aromatic N) is 2. The fourth-order valence-corrected chi connectivity index (χ4v) is 3.73. The van der Waals surface area contributed by atoms with Gasteiger partial charge in [0.05, 0.1) is 10.0 Å². The van der Waals surface area contributed by atoms with Crippen LogP contribution < -0.4 is 0 Å². The molecule has 2 aromatic heterocycles. The van der Waals surface area contributed by atoms with Gasteiger partial charge in [0.2, 0.25) is 0 Å². The second-order valence-electron chi connectivity index (χ2n) is 7.15. The summed E-state index contributed by atoms with van der Waals surface area (Å²) < 4.78 is 17.1. The zero-order valence-corrected chi connectivity index (χ0v) is 16.5. The summed E-state index contributed by atoms with van der Waals surface area (Å²) in [6.07, 6.45) is 0.982. The molecule has 0 unspecified atom stereocenters. The first kappa shape index (κ1) is 18.8. The molecule has 0 atom stereocenters. The maximum Gasteiger partial charge on any atom is 0.252 e. The van der Waals surface area contributed by atoms with E-state index in [-0.39, 0.29) is 11.6 Å². The van der Waals surface area contributed by atoms with Crippen molar-refractivity contribution in [3.63, 3.8) is 0 Å². The van der Waals surface area contributed by atoms with E-state index in [0.29, 0.717) is 28.4 Å². The van der Waals surface area contributed by atoms with Gasteiger partial charge in [0.25, 0.3) is 5.91 Å². The van der Waals surface area contributed by atoms with Gasteiger partial charge in [-0.1, -0.05) is 62.7 Å². The average molecular weight is 391 g/mol. The van der Waals surface area contributed by atoms with Crippen molar-refractivity contribution in [3.8, 4) is 11.3 Å². The van der Waals surface area contributed by atoms with Crippen LogP contribution in [0.1, 0.15) is 36.1 Å². The van der Waals surface area contributed by atoms with E-state index in [1.165, 1.54) is 16.0 Å². The van der Waals surface area contributed by atoms with Crippen molar-refractivity contribution >= 4 is 28.8 Å². The summed E-state index contributed by atoms with van der Waals surface area (Å²) in [7, 11) is 0. The van der Waals surface area contributed by atoms with Gasteiger partial charge in [-0.3, -0.25) is 4.79 Å². The standard InChI is InChI=1S/C20H20ClFN2OS/c1-20(2,3)19(25)24-15(11-9-14-10-12-16(21)26-14)17(22)18(23-24)13-7-5-4-6-8-13/h4-8,10,12H,9,11H2,1-3H3. The van der Waals surface area contributed by atoms with E-state index in [4.69, 9.17) is 11.6 Å². The topological polar surface area (TPSA) is 34.9 Å². The van der Waals surface area contributed by atoms with E-state index in [1.54, 1.807) is 32.9 Å². The van der Waals surface area contributed by atoms with Gasteiger partial charge in [-0.2, -0.15) is 5.10 Å². The minimum absolute atomic E-state index is 0.211. The first-order valence-corrected chi connectivity index (χ1v) is 9.58. The molecule has 0 amide bonds. The van der Waals surface area contributed by atoms with Crippen LogP contribution in [-0.2, 0) is 12.8 Å². The van der Waals surface area contributed by atoms with Crippen molar-refractivity contribution in [2.75, 3.05) is 0 Å². The molecule has 2 heterocycles. The number of hydrogen-bond acceptors (Lipinski definition) is 3. The largest absolute Gasteiger partial charge is 0.272 e. The zero-order valence-electron chi connectivity index (χ0n) is 14.9. The highest BCUT2D eigenvalue weighted by atomic mass is 35.5. The molecule has 0 bridgehead atoms. The van der Waals surface area contributed by atoms with Crippen molar-refractivity contribution in [1.82, 2.24) is 9.78 Å². The van der Waals surface area contributed by atoms with Crippen molar-refractivity contribution in [2.24, 2.45) is 5.41 Å². The molecule has 0 saturated carbocycles. The maximum atomic E-state index is 15.2. The summed E-state index contributed by atoms with van der Waals surface area (Å²) in [6.45, 7) is 5.42. The number of thiophene rings is 1. The van der Waals surface area contributed by atoms with Crippen LogP contribution in [0.2, 0.25) is 4.34 Å². The van der Waals surface area contributed by atoms with E-state index in [2.05, 4.69) is 5.10 Å². The predicted octanol–water partition coefficient (Wildman–Crippen LogP) is 5.88. The number of aromatic nitrogens is 2. The zero-order chi connectivity index (χ0) is 18.9. The van der Waals surface area contributed by atoms with Crippen molar-refractivity contribution in [1.29, 1.82) is 0 Å². The van der Waals surface area contributed by atoms with Crippen LogP contribution in [-0.4, -0.2) is 15.7 Å². The molecule has 0 N–H and O–H groups in total. The molecule has 0 aliphatic carbocycles. The Morgan fingerprint density at radius 1 is 1.15 bits per heavy atom. The van der Waals surface area contributed by atoms with E-state index in [9.17, 15) is 4.79 Å². The molecule has 0 saturated heterocycles. The molecule has 1 aromatic carbocycles. The monoisotopic (exact) mass is 390 g/mol. The Balaban J connectivity index is 2.02. The van der Waals surface area contributed by atoms with Crippen LogP contribution in [0.4, 0.5) is 4.39 Å². The maximum absolute atomic E-state index is 15.2. The van der Waals surface area contributed by atoms with Gasteiger partial charge >= 0.3 is 0 Å². The number of aryl methyl sites for hydroxylation is 1. The third-order valence-electron chi connectivity index (χ3n) is 4.04. The first-order valence-electron chi connectivity index (χ1n) is 8.39. The number of benzene rings is 1. The second-order valence-corrected chi connectivity index (χ2v) is 8.95. The Morgan fingerprint density at radius 3 is 2.42 bits per heavy atom. The normalized spacial score (nSPS) is 11.7. The first-order chi connectivity index (χ1) is 12.3. The lowest BCUT2D eigenvalue weighted by Crippen LogP contribution is -2.29. The summed E-state index contributed by atoms with van der Waals surface area (Å²) >= 11 is 7.44. The van der Waals surface area contributed by atoms with Gasteiger partial charge in [0.1, 0.15) is 5.69 Å². The van der Waals surface area contributed by atoms with E-state index >= 15 is 4.39 Å². The minimum atomic E-state index is -0.659. The summed E-state index contributed by atoms with van der Waals surface area (Å²) in [5.41, 5.74) is 0.523. The molecule has 0 radical (unpaired) electrons. The number of rotatable bonds is 4. The fourth-order valence-electron chi connectivity index (χ4n) is 2.64. The highest BCUT2D eigenvalue weighted by Crippen LogP contribution is 2.29. The Bertz CT molecular complexity index is 925. The molecule has 0 spiro atoms. The Labute approximate surface area is 161 Å². The van der Waals surface area contributed by atoms with Crippen molar-refractivity contribution < 1.29 is 9.18 Å². The minimum Gasteiger partial charge on any atom is -0.272 e. The lowest BCUT2D eigenvalue weighted by molar-refractivity contribution is 0.0744. The smallest absolute Gasteiger partial charge is 0.252 e. The van der Waals surface area contributed by atoms with E-state index in [0.717, 1.165) is 4.88 Å². The van der Waals surface area contributed by atoms with Crippen LogP contribution in [0, 0.1) is 11.2 Å². The van der Waals surface area contributed by atoms with Gasteiger partial charge in [-0.15, -0.1) is 11.3 Å². The Morgan fingerprint density at radius 2 is 1.85 bits per heavy atom. The van der Waals surface area contributed by atoms with Crippen LogP contribution >= 0.6 is 22.9 Å². The van der Waals surface area contributed by atoms with Crippen molar-refractivity contribution in [3.05, 3.63) is 63.2 Å². The number of carbonyl (C=O) groups excluding carboxylic acids is 1. The second kappa shape index (κ2) is 7.33. The Kier molecular flexibility index (Phi) is 5.30. The van der Waals surface area contributed by atoms with E-state index in [1.807, 2.05) is 30.3 Å². The molecule has 3 nitrogen and oxygen atoms in total. The molecule has 0 aliphatic rings. The Hall–Kier alpha value is -1.98. The summed E-state index contributed by atoms with van der Waals surface area (Å²) in [6, 6.07) is 12.8. The van der Waals surface area contributed by atoms with Crippen LogP contribution in [0.25, 0.3) is 11.3 Å². The fraction of sp³-hybridized carbons (Fsp3) is 0.300.